The normalized spacial score (nSPS) is 20.1. The van der Waals surface area contributed by atoms with Crippen LogP contribution >= 0.6 is 15.9 Å². The van der Waals surface area contributed by atoms with E-state index in [9.17, 15) is 4.39 Å². The minimum atomic E-state index is -0.153. The summed E-state index contributed by atoms with van der Waals surface area (Å²) in [5.41, 5.74) is 7.69. The van der Waals surface area contributed by atoms with Crippen LogP contribution < -0.4 is 5.73 Å². The van der Waals surface area contributed by atoms with Crippen molar-refractivity contribution in [3.05, 3.63) is 33.5 Å². The number of rotatable bonds is 2. The van der Waals surface area contributed by atoms with Gasteiger partial charge in [0.05, 0.1) is 4.47 Å². The molecule has 0 saturated heterocycles. The summed E-state index contributed by atoms with van der Waals surface area (Å²) in [6.45, 7) is 3.77. The van der Waals surface area contributed by atoms with Crippen LogP contribution in [-0.2, 0) is 5.41 Å². The van der Waals surface area contributed by atoms with Gasteiger partial charge in [0.15, 0.2) is 0 Å². The van der Waals surface area contributed by atoms with Crippen LogP contribution in [0.4, 0.5) is 4.39 Å². The van der Waals surface area contributed by atoms with E-state index in [1.807, 2.05) is 19.1 Å². The van der Waals surface area contributed by atoms with Gasteiger partial charge in [-0.05, 0) is 53.7 Å². The molecule has 2 rings (SSSR count). The molecule has 1 fully saturated rings. The third kappa shape index (κ3) is 1.62. The van der Waals surface area contributed by atoms with E-state index < -0.39 is 0 Å². The maximum Gasteiger partial charge on any atom is 0.140 e. The molecule has 3 heteroatoms. The van der Waals surface area contributed by atoms with Crippen molar-refractivity contribution < 1.29 is 4.39 Å². The second kappa shape index (κ2) is 3.56. The van der Waals surface area contributed by atoms with Gasteiger partial charge in [0, 0.05) is 11.5 Å². The smallest absolute Gasteiger partial charge is 0.140 e. The Morgan fingerprint density at radius 3 is 2.53 bits per heavy atom. The highest BCUT2D eigenvalue weighted by Gasteiger charge is 2.48. The van der Waals surface area contributed by atoms with Crippen molar-refractivity contribution in [2.24, 2.45) is 5.73 Å². The third-order valence-corrected chi connectivity index (χ3v) is 4.25. The van der Waals surface area contributed by atoms with Crippen molar-refractivity contribution in [2.45, 2.75) is 38.1 Å². The molecular formula is C12H15BrFN. The van der Waals surface area contributed by atoms with Gasteiger partial charge in [-0.25, -0.2) is 4.39 Å². The molecule has 15 heavy (non-hydrogen) atoms. The molecule has 0 spiro atoms. The Kier molecular flexibility index (Phi) is 2.63. The van der Waals surface area contributed by atoms with Gasteiger partial charge in [-0.2, -0.15) is 0 Å². The molecule has 0 radical (unpaired) electrons. The van der Waals surface area contributed by atoms with E-state index in [2.05, 4.69) is 15.9 Å². The highest BCUT2D eigenvalue weighted by Crippen LogP contribution is 2.52. The van der Waals surface area contributed by atoms with Gasteiger partial charge in [0.2, 0.25) is 0 Å². The molecular weight excluding hydrogens is 257 g/mol. The van der Waals surface area contributed by atoms with Crippen LogP contribution in [0.25, 0.3) is 0 Å². The van der Waals surface area contributed by atoms with Gasteiger partial charge in [0.25, 0.3) is 0 Å². The third-order valence-electron chi connectivity index (χ3n) is 3.47. The largest absolute Gasteiger partial charge is 0.327 e. The predicted molar refractivity (Wildman–Crippen MR) is 63.4 cm³/mol. The van der Waals surface area contributed by atoms with Crippen LogP contribution in [0, 0.1) is 12.7 Å². The second-order valence-corrected chi connectivity index (χ2v) is 5.30. The molecule has 0 aliphatic heterocycles. The quantitative estimate of drug-likeness (QED) is 0.878. The first-order valence-electron chi connectivity index (χ1n) is 5.20. The Balaban J connectivity index is 2.51. The summed E-state index contributed by atoms with van der Waals surface area (Å²) in [4.78, 5) is 0. The minimum absolute atomic E-state index is 0.00731. The Hall–Kier alpha value is -0.410. The first-order valence-corrected chi connectivity index (χ1v) is 5.99. The fourth-order valence-corrected chi connectivity index (χ4v) is 2.97. The molecule has 1 atom stereocenters. The molecule has 2 N–H and O–H groups in total. The van der Waals surface area contributed by atoms with Crippen molar-refractivity contribution in [2.75, 3.05) is 0 Å². The Morgan fingerprint density at radius 1 is 1.47 bits per heavy atom. The van der Waals surface area contributed by atoms with Crippen molar-refractivity contribution in [1.82, 2.24) is 0 Å². The Bertz CT molecular complexity index is 397. The zero-order valence-electron chi connectivity index (χ0n) is 8.98. The average molecular weight is 272 g/mol. The Labute approximate surface area is 98.0 Å². The number of benzene rings is 1. The molecule has 1 aliphatic rings. The molecule has 0 heterocycles. The number of hydrogen-bond donors (Lipinski definition) is 1. The van der Waals surface area contributed by atoms with E-state index in [0.717, 1.165) is 18.4 Å². The van der Waals surface area contributed by atoms with Gasteiger partial charge >= 0.3 is 0 Å². The number of halogens is 2. The van der Waals surface area contributed by atoms with E-state index in [1.165, 1.54) is 0 Å². The van der Waals surface area contributed by atoms with Crippen LogP contribution in [0.1, 0.15) is 30.9 Å². The highest BCUT2D eigenvalue weighted by molar-refractivity contribution is 9.10. The van der Waals surface area contributed by atoms with Gasteiger partial charge in [-0.1, -0.05) is 12.1 Å². The predicted octanol–water partition coefficient (Wildman–Crippen LogP) is 3.28. The summed E-state index contributed by atoms with van der Waals surface area (Å²) in [5, 5.41) is 0. The van der Waals surface area contributed by atoms with E-state index in [1.54, 1.807) is 6.92 Å². The summed E-state index contributed by atoms with van der Waals surface area (Å²) in [5.74, 6) is -0.153. The van der Waals surface area contributed by atoms with Crippen LogP contribution in [-0.4, -0.2) is 6.04 Å². The van der Waals surface area contributed by atoms with Crippen molar-refractivity contribution in [3.8, 4) is 0 Å². The lowest BCUT2D eigenvalue weighted by atomic mass is 9.89. The van der Waals surface area contributed by atoms with Crippen LogP contribution in [0.15, 0.2) is 16.6 Å². The van der Waals surface area contributed by atoms with Gasteiger partial charge in [-0.15, -0.1) is 0 Å². The summed E-state index contributed by atoms with van der Waals surface area (Å²) in [6, 6.07) is 3.91. The summed E-state index contributed by atoms with van der Waals surface area (Å²) < 4.78 is 14.3. The monoisotopic (exact) mass is 271 g/mol. The first kappa shape index (κ1) is 11.1. The molecule has 0 aromatic heterocycles. The maximum absolute atomic E-state index is 13.7. The van der Waals surface area contributed by atoms with Crippen molar-refractivity contribution >= 4 is 15.9 Å². The van der Waals surface area contributed by atoms with E-state index in [0.29, 0.717) is 10.0 Å². The SMILES string of the molecule is Cc1ccc(C2(C(C)N)CC2)c(Br)c1F. The lowest BCUT2D eigenvalue weighted by Gasteiger charge is -2.22. The molecule has 1 unspecified atom stereocenters. The Morgan fingerprint density at radius 2 is 2.07 bits per heavy atom. The summed E-state index contributed by atoms with van der Waals surface area (Å²) in [6.07, 6.45) is 2.12. The summed E-state index contributed by atoms with van der Waals surface area (Å²) in [7, 11) is 0. The molecule has 1 aromatic rings. The van der Waals surface area contributed by atoms with Gasteiger partial charge in [-0.3, -0.25) is 0 Å². The molecule has 1 aromatic carbocycles. The fraction of sp³-hybridized carbons (Fsp3) is 0.500. The van der Waals surface area contributed by atoms with Crippen molar-refractivity contribution in [1.29, 1.82) is 0 Å². The van der Waals surface area contributed by atoms with Crippen LogP contribution in [0.2, 0.25) is 0 Å². The number of nitrogens with two attached hydrogens (primary N) is 1. The molecule has 82 valence electrons. The number of hydrogen-bond acceptors (Lipinski definition) is 1. The maximum atomic E-state index is 13.7. The standard InChI is InChI=1S/C12H15BrFN/c1-7-3-4-9(10(13)11(7)14)12(5-6-12)8(2)15/h3-4,8H,5-6,15H2,1-2H3. The number of aryl methyl sites for hydroxylation is 1. The highest BCUT2D eigenvalue weighted by atomic mass is 79.9. The second-order valence-electron chi connectivity index (χ2n) is 4.50. The van der Waals surface area contributed by atoms with E-state index in [4.69, 9.17) is 5.73 Å². The summed E-state index contributed by atoms with van der Waals surface area (Å²) >= 11 is 3.34. The van der Waals surface area contributed by atoms with E-state index >= 15 is 0 Å². The topological polar surface area (TPSA) is 26.0 Å². The zero-order valence-corrected chi connectivity index (χ0v) is 10.6. The van der Waals surface area contributed by atoms with E-state index in [-0.39, 0.29) is 17.3 Å². The first-order chi connectivity index (χ1) is 6.99. The average Bonchev–Trinajstić information content (AvgIpc) is 2.95. The lowest BCUT2D eigenvalue weighted by Crippen LogP contribution is -2.32. The van der Waals surface area contributed by atoms with Crippen LogP contribution in [0.5, 0.6) is 0 Å². The minimum Gasteiger partial charge on any atom is -0.327 e. The molecule has 0 bridgehead atoms. The molecule has 1 aliphatic carbocycles. The fourth-order valence-electron chi connectivity index (χ4n) is 2.14. The molecule has 1 saturated carbocycles. The zero-order chi connectivity index (χ0) is 11.2. The molecule has 0 amide bonds. The lowest BCUT2D eigenvalue weighted by molar-refractivity contribution is 0.542. The molecule has 1 nitrogen and oxygen atoms in total. The van der Waals surface area contributed by atoms with Crippen LogP contribution in [0.3, 0.4) is 0 Å². The van der Waals surface area contributed by atoms with Gasteiger partial charge < -0.3 is 5.73 Å². The van der Waals surface area contributed by atoms with Crippen molar-refractivity contribution in [3.63, 3.8) is 0 Å². The van der Waals surface area contributed by atoms with Gasteiger partial charge in [0.1, 0.15) is 5.82 Å².